The van der Waals surface area contributed by atoms with Crippen LogP contribution in [0.4, 0.5) is 10.2 Å². The Morgan fingerprint density at radius 3 is 2.79 bits per heavy atom. The Balaban J connectivity index is 0.00000306. The van der Waals surface area contributed by atoms with Crippen molar-refractivity contribution in [2.24, 2.45) is 10.9 Å². The van der Waals surface area contributed by atoms with Crippen molar-refractivity contribution >= 4 is 35.8 Å². The van der Waals surface area contributed by atoms with Crippen LogP contribution in [-0.4, -0.2) is 50.9 Å². The molecule has 1 atom stereocenters. The molecule has 1 aliphatic heterocycles. The normalized spacial score (nSPS) is 17.2. The third-order valence-electron chi connectivity index (χ3n) is 5.83. The first-order valence-corrected chi connectivity index (χ1v) is 11.3. The number of morpholine rings is 1. The summed E-state index contributed by atoms with van der Waals surface area (Å²) in [4.78, 5) is 11.2. The summed E-state index contributed by atoms with van der Waals surface area (Å²) in [7, 11) is 1.73. The molecular formula is C24H33FIN5O2. The Morgan fingerprint density at radius 1 is 1.30 bits per heavy atom. The third kappa shape index (κ3) is 7.17. The number of guanidine groups is 1. The fraction of sp³-hybridized carbons (Fsp3) is 0.500. The molecule has 1 aromatic carbocycles. The molecule has 0 spiro atoms. The van der Waals surface area contributed by atoms with Gasteiger partial charge in [-0.3, -0.25) is 4.99 Å². The molecule has 1 aliphatic carbocycles. The van der Waals surface area contributed by atoms with Crippen LogP contribution < -0.4 is 20.3 Å². The van der Waals surface area contributed by atoms with Gasteiger partial charge in [0.25, 0.3) is 0 Å². The number of aliphatic imine (C=N–C) groups is 1. The van der Waals surface area contributed by atoms with Crippen LogP contribution in [0.5, 0.6) is 5.75 Å². The van der Waals surface area contributed by atoms with E-state index in [4.69, 9.17) is 9.47 Å². The van der Waals surface area contributed by atoms with Crippen molar-refractivity contribution in [1.82, 2.24) is 15.6 Å². The van der Waals surface area contributed by atoms with Crippen LogP contribution >= 0.6 is 24.0 Å². The van der Waals surface area contributed by atoms with Gasteiger partial charge in [0.15, 0.2) is 17.5 Å². The standard InChI is InChI=1S/C24H32FN5O2.HI/c1-17(19-7-8-22(21(25)14-19)32-16-18-5-6-18)29-24(26-2)28-15-20-4-3-9-27-23(20)30-10-12-31-13-11-30;/h3-4,7-9,14,17-18H,5-6,10-13,15-16H2,1-2H3,(H2,26,28,29);1H. The summed E-state index contributed by atoms with van der Waals surface area (Å²) in [6.45, 7) is 6.25. The van der Waals surface area contributed by atoms with Crippen LogP contribution in [0.1, 0.15) is 36.9 Å². The van der Waals surface area contributed by atoms with Crippen LogP contribution in [0.3, 0.4) is 0 Å². The van der Waals surface area contributed by atoms with Gasteiger partial charge in [-0.1, -0.05) is 12.1 Å². The molecule has 0 bridgehead atoms. The van der Waals surface area contributed by atoms with Crippen molar-refractivity contribution in [2.75, 3.05) is 44.9 Å². The predicted molar refractivity (Wildman–Crippen MR) is 139 cm³/mol. The number of hydrogen-bond acceptors (Lipinski definition) is 5. The van der Waals surface area contributed by atoms with E-state index in [1.54, 1.807) is 13.1 Å². The van der Waals surface area contributed by atoms with Crippen LogP contribution in [-0.2, 0) is 11.3 Å². The smallest absolute Gasteiger partial charge is 0.191 e. The van der Waals surface area contributed by atoms with Crippen molar-refractivity contribution in [1.29, 1.82) is 0 Å². The van der Waals surface area contributed by atoms with E-state index in [0.717, 1.165) is 30.0 Å². The first kappa shape index (κ1) is 25.5. The quantitative estimate of drug-likeness (QED) is 0.286. The summed E-state index contributed by atoms with van der Waals surface area (Å²) in [5.41, 5.74) is 1.92. The molecular weight excluding hydrogens is 536 g/mol. The summed E-state index contributed by atoms with van der Waals surface area (Å²) in [6.07, 6.45) is 4.18. The molecule has 2 fully saturated rings. The zero-order valence-corrected chi connectivity index (χ0v) is 21.6. The zero-order valence-electron chi connectivity index (χ0n) is 19.2. The number of rotatable bonds is 8. The first-order valence-electron chi connectivity index (χ1n) is 11.3. The first-order chi connectivity index (χ1) is 15.6. The van der Waals surface area contributed by atoms with Gasteiger partial charge in [-0.15, -0.1) is 24.0 Å². The minimum atomic E-state index is -0.328. The lowest BCUT2D eigenvalue weighted by atomic mass is 10.1. The van der Waals surface area contributed by atoms with E-state index in [1.165, 1.54) is 18.9 Å². The van der Waals surface area contributed by atoms with Gasteiger partial charge in [0.2, 0.25) is 0 Å². The lowest BCUT2D eigenvalue weighted by Crippen LogP contribution is -2.40. The monoisotopic (exact) mass is 569 g/mol. The van der Waals surface area contributed by atoms with Crippen molar-refractivity contribution in [3.05, 3.63) is 53.5 Å². The number of nitrogens with zero attached hydrogens (tertiary/aromatic N) is 3. The lowest BCUT2D eigenvalue weighted by molar-refractivity contribution is 0.122. The van der Waals surface area contributed by atoms with Gasteiger partial charge in [-0.2, -0.15) is 0 Å². The van der Waals surface area contributed by atoms with Crippen LogP contribution in [0.2, 0.25) is 0 Å². The Kier molecular flexibility index (Phi) is 9.54. The molecule has 0 amide bonds. The molecule has 2 N–H and O–H groups in total. The lowest BCUT2D eigenvalue weighted by Gasteiger charge is -2.29. The van der Waals surface area contributed by atoms with Gasteiger partial charge in [-0.05, 0) is 49.4 Å². The summed E-state index contributed by atoms with van der Waals surface area (Å²) in [5, 5.41) is 6.69. The summed E-state index contributed by atoms with van der Waals surface area (Å²) in [6, 6.07) is 9.03. The number of nitrogens with one attached hydrogen (secondary N) is 2. The average Bonchev–Trinajstić information content (AvgIpc) is 3.66. The molecule has 1 saturated carbocycles. The van der Waals surface area contributed by atoms with Crippen molar-refractivity contribution in [3.8, 4) is 5.75 Å². The maximum absolute atomic E-state index is 14.5. The molecule has 2 aromatic rings. The second-order valence-corrected chi connectivity index (χ2v) is 8.32. The average molecular weight is 569 g/mol. The molecule has 1 unspecified atom stereocenters. The molecule has 1 aromatic heterocycles. The second kappa shape index (κ2) is 12.4. The number of pyridine rings is 1. The van der Waals surface area contributed by atoms with E-state index in [1.807, 2.05) is 25.3 Å². The highest BCUT2D eigenvalue weighted by Crippen LogP contribution is 2.30. The minimum absolute atomic E-state index is 0. The Hall–Kier alpha value is -2.14. The summed E-state index contributed by atoms with van der Waals surface area (Å²) >= 11 is 0. The number of ether oxygens (including phenoxy) is 2. The maximum atomic E-state index is 14.5. The number of aromatic nitrogens is 1. The second-order valence-electron chi connectivity index (χ2n) is 8.32. The molecule has 0 radical (unpaired) electrons. The largest absolute Gasteiger partial charge is 0.490 e. The fourth-order valence-corrected chi connectivity index (χ4v) is 3.69. The van der Waals surface area contributed by atoms with Gasteiger partial charge in [0, 0.05) is 38.4 Å². The number of anilines is 1. The molecule has 2 heterocycles. The molecule has 1 saturated heterocycles. The fourth-order valence-electron chi connectivity index (χ4n) is 3.69. The van der Waals surface area contributed by atoms with Gasteiger partial charge in [0.05, 0.1) is 25.9 Å². The Bertz CT molecular complexity index is 935. The molecule has 9 heteroatoms. The van der Waals surface area contributed by atoms with Crippen LogP contribution in [0.25, 0.3) is 0 Å². The highest BCUT2D eigenvalue weighted by Gasteiger charge is 2.22. The number of benzene rings is 1. The number of halogens is 2. The van der Waals surface area contributed by atoms with Crippen LogP contribution in [0.15, 0.2) is 41.5 Å². The van der Waals surface area contributed by atoms with E-state index in [0.29, 0.717) is 44.0 Å². The molecule has 2 aliphatic rings. The highest BCUT2D eigenvalue weighted by molar-refractivity contribution is 14.0. The molecule has 4 rings (SSSR count). The van der Waals surface area contributed by atoms with E-state index in [2.05, 4.69) is 31.6 Å². The summed E-state index contributed by atoms with van der Waals surface area (Å²) < 4.78 is 25.5. The summed E-state index contributed by atoms with van der Waals surface area (Å²) in [5.74, 6) is 2.19. The van der Waals surface area contributed by atoms with E-state index < -0.39 is 0 Å². The Morgan fingerprint density at radius 2 is 2.09 bits per heavy atom. The van der Waals surface area contributed by atoms with Gasteiger partial charge < -0.3 is 25.0 Å². The van der Waals surface area contributed by atoms with Crippen molar-refractivity contribution in [2.45, 2.75) is 32.4 Å². The van der Waals surface area contributed by atoms with Crippen molar-refractivity contribution < 1.29 is 13.9 Å². The molecule has 7 nitrogen and oxygen atoms in total. The topological polar surface area (TPSA) is 71.0 Å². The SMILES string of the molecule is CN=C(NCc1cccnc1N1CCOCC1)NC(C)c1ccc(OCC2CC2)c(F)c1.I. The van der Waals surface area contributed by atoms with Gasteiger partial charge in [-0.25, -0.2) is 9.37 Å². The van der Waals surface area contributed by atoms with Gasteiger partial charge in [0.1, 0.15) is 5.82 Å². The highest BCUT2D eigenvalue weighted by atomic mass is 127. The predicted octanol–water partition coefficient (Wildman–Crippen LogP) is 3.89. The molecule has 180 valence electrons. The number of hydrogen-bond donors (Lipinski definition) is 2. The third-order valence-corrected chi connectivity index (χ3v) is 5.83. The van der Waals surface area contributed by atoms with Crippen molar-refractivity contribution in [3.63, 3.8) is 0 Å². The Labute approximate surface area is 212 Å². The van der Waals surface area contributed by atoms with E-state index in [-0.39, 0.29) is 35.8 Å². The molecule has 33 heavy (non-hydrogen) atoms. The van der Waals surface area contributed by atoms with E-state index >= 15 is 0 Å². The maximum Gasteiger partial charge on any atom is 0.191 e. The van der Waals surface area contributed by atoms with E-state index in [9.17, 15) is 4.39 Å². The van der Waals surface area contributed by atoms with Crippen LogP contribution in [0, 0.1) is 11.7 Å². The minimum Gasteiger partial charge on any atom is -0.490 e. The zero-order chi connectivity index (χ0) is 22.3. The van der Waals surface area contributed by atoms with Gasteiger partial charge >= 0.3 is 0 Å².